The van der Waals surface area contributed by atoms with Gasteiger partial charge in [-0.2, -0.15) is 8.42 Å². The largest absolute Gasteiger partial charge is 0.480 e. The van der Waals surface area contributed by atoms with Crippen LogP contribution >= 0.6 is 0 Å². The molecule has 0 aliphatic carbocycles. The zero-order valence-corrected chi connectivity index (χ0v) is 18.6. The molecule has 0 aliphatic heterocycles. The van der Waals surface area contributed by atoms with E-state index in [4.69, 9.17) is 9.66 Å². The third-order valence-corrected chi connectivity index (χ3v) is 5.85. The molecule has 0 aromatic heterocycles. The number of rotatable bonds is 21. The first-order chi connectivity index (χ1) is 13.4. The maximum atomic E-state index is 10.9. The van der Waals surface area contributed by atoms with E-state index < -0.39 is 27.9 Å². The molecule has 0 spiro atoms. The molecule has 0 aliphatic rings. The Labute approximate surface area is 172 Å². The predicted octanol–water partition coefficient (Wildman–Crippen LogP) is 5.18. The molecule has 0 saturated heterocycles. The van der Waals surface area contributed by atoms with Crippen molar-refractivity contribution in [1.82, 2.24) is 5.32 Å². The summed E-state index contributed by atoms with van der Waals surface area (Å²) in [4.78, 5) is 10.9. The van der Waals surface area contributed by atoms with Gasteiger partial charge >= 0.3 is 5.97 Å². The summed E-state index contributed by atoms with van der Waals surface area (Å²) in [6, 6.07) is -1.24. The second-order valence-corrected chi connectivity index (χ2v) is 9.39. The number of aliphatic carboxylic acids is 1. The van der Waals surface area contributed by atoms with Gasteiger partial charge in [0, 0.05) is 0 Å². The molecule has 0 fully saturated rings. The lowest BCUT2D eigenvalue weighted by Crippen LogP contribution is -2.42. The van der Waals surface area contributed by atoms with Crippen molar-refractivity contribution >= 4 is 16.1 Å². The highest BCUT2D eigenvalue weighted by Crippen LogP contribution is 2.13. The monoisotopic (exact) mass is 421 g/mol. The molecule has 0 rings (SSSR count). The van der Waals surface area contributed by atoms with Gasteiger partial charge in [-0.3, -0.25) is 9.35 Å². The van der Waals surface area contributed by atoms with Crippen molar-refractivity contribution in [1.29, 1.82) is 0 Å². The zero-order chi connectivity index (χ0) is 21.1. The number of unbranched alkanes of at least 4 members (excludes halogenated alkanes) is 15. The van der Waals surface area contributed by atoms with Crippen LogP contribution in [0.1, 0.15) is 110 Å². The smallest absolute Gasteiger partial charge is 0.321 e. The highest BCUT2D eigenvalue weighted by Gasteiger charge is 2.22. The predicted molar refractivity (Wildman–Crippen MR) is 115 cm³/mol. The third-order valence-electron chi connectivity index (χ3n) is 5.10. The minimum atomic E-state index is -4.28. The van der Waals surface area contributed by atoms with Crippen LogP contribution < -0.4 is 5.32 Å². The third kappa shape index (κ3) is 20.1. The Hall–Kier alpha value is -0.660. The zero-order valence-electron chi connectivity index (χ0n) is 17.8. The molecule has 0 saturated carbocycles. The second-order valence-electron chi connectivity index (χ2n) is 7.90. The maximum absolute atomic E-state index is 10.9. The normalized spacial score (nSPS) is 12.9. The quantitative estimate of drug-likeness (QED) is 0.174. The minimum absolute atomic E-state index is 0.449. The highest BCUT2D eigenvalue weighted by atomic mass is 32.2. The van der Waals surface area contributed by atoms with Gasteiger partial charge < -0.3 is 10.4 Å². The van der Waals surface area contributed by atoms with E-state index in [0.717, 1.165) is 19.3 Å². The van der Waals surface area contributed by atoms with Crippen molar-refractivity contribution in [3.8, 4) is 0 Å². The molecule has 0 aromatic rings. The average molecular weight is 422 g/mol. The van der Waals surface area contributed by atoms with Crippen LogP contribution in [0, 0.1) is 0 Å². The summed E-state index contributed by atoms with van der Waals surface area (Å²) < 4.78 is 30.3. The SMILES string of the molecule is CCCCCCCCCCCCCCCCCCNC(CS(=O)(=O)O)C(=O)O. The lowest BCUT2D eigenvalue weighted by molar-refractivity contribution is -0.138. The number of carbonyl (C=O) groups is 1. The molecule has 7 heteroatoms. The lowest BCUT2D eigenvalue weighted by Gasteiger charge is -2.12. The second kappa shape index (κ2) is 18.4. The Morgan fingerprint density at radius 2 is 1.11 bits per heavy atom. The van der Waals surface area contributed by atoms with Crippen molar-refractivity contribution < 1.29 is 22.9 Å². The molecule has 0 heterocycles. The number of nitrogens with one attached hydrogen (secondary N) is 1. The summed E-state index contributed by atoms with van der Waals surface area (Å²) in [7, 11) is -4.28. The molecule has 0 radical (unpaired) electrons. The van der Waals surface area contributed by atoms with Gasteiger partial charge in [0.15, 0.2) is 0 Å². The van der Waals surface area contributed by atoms with Gasteiger partial charge in [-0.1, -0.05) is 103 Å². The number of hydrogen-bond donors (Lipinski definition) is 3. The fraction of sp³-hybridized carbons (Fsp3) is 0.952. The van der Waals surface area contributed by atoms with Gasteiger partial charge in [0.05, 0.1) is 0 Å². The fourth-order valence-electron chi connectivity index (χ4n) is 3.38. The van der Waals surface area contributed by atoms with Crippen molar-refractivity contribution in [3.05, 3.63) is 0 Å². The fourth-order valence-corrected chi connectivity index (χ4v) is 4.06. The van der Waals surface area contributed by atoms with Gasteiger partial charge in [-0.25, -0.2) is 0 Å². The van der Waals surface area contributed by atoms with Crippen LogP contribution in [0.3, 0.4) is 0 Å². The molecule has 0 amide bonds. The Morgan fingerprint density at radius 3 is 1.43 bits per heavy atom. The van der Waals surface area contributed by atoms with Crippen molar-refractivity contribution in [2.45, 2.75) is 116 Å². The number of carboxylic acid groups (broad SMARTS) is 1. The van der Waals surface area contributed by atoms with E-state index in [-0.39, 0.29) is 0 Å². The standard InChI is InChI=1S/C21H43NO5S/c1-2-3-4-5-6-7-8-9-10-11-12-13-14-15-16-17-18-22-20(21(23)24)19-28(25,26)27/h20,22H,2-19H2,1H3,(H,23,24)(H,25,26,27). The van der Waals surface area contributed by atoms with Crippen LogP contribution in [0.5, 0.6) is 0 Å². The molecule has 168 valence electrons. The molecule has 28 heavy (non-hydrogen) atoms. The van der Waals surface area contributed by atoms with Gasteiger partial charge in [0.25, 0.3) is 10.1 Å². The topological polar surface area (TPSA) is 104 Å². The maximum Gasteiger partial charge on any atom is 0.321 e. The number of hydrogen-bond acceptors (Lipinski definition) is 4. The van der Waals surface area contributed by atoms with Gasteiger partial charge in [0.1, 0.15) is 11.8 Å². The summed E-state index contributed by atoms with van der Waals surface area (Å²) in [5.41, 5.74) is 0. The van der Waals surface area contributed by atoms with Crippen molar-refractivity contribution in [2.75, 3.05) is 12.3 Å². The summed E-state index contributed by atoms with van der Waals surface area (Å²) in [6.07, 6.45) is 20.4. The summed E-state index contributed by atoms with van der Waals surface area (Å²) in [5, 5.41) is 11.6. The molecule has 0 bridgehead atoms. The van der Waals surface area contributed by atoms with Crippen LogP contribution in [0.25, 0.3) is 0 Å². The molecule has 6 nitrogen and oxygen atoms in total. The van der Waals surface area contributed by atoms with Gasteiger partial charge in [-0.15, -0.1) is 0 Å². The van der Waals surface area contributed by atoms with Crippen LogP contribution in [-0.4, -0.2) is 42.4 Å². The Bertz CT molecular complexity index is 467. The van der Waals surface area contributed by atoms with Crippen LogP contribution in [0.4, 0.5) is 0 Å². The van der Waals surface area contributed by atoms with Crippen molar-refractivity contribution in [2.24, 2.45) is 0 Å². The van der Waals surface area contributed by atoms with Gasteiger partial charge in [0.2, 0.25) is 0 Å². The molecular formula is C21H43NO5S. The summed E-state index contributed by atoms with van der Waals surface area (Å²) in [5.74, 6) is -2.05. The Kier molecular flexibility index (Phi) is 17.9. The van der Waals surface area contributed by atoms with Crippen molar-refractivity contribution in [3.63, 3.8) is 0 Å². The molecule has 3 N–H and O–H groups in total. The van der Waals surface area contributed by atoms with Crippen LogP contribution in [-0.2, 0) is 14.9 Å². The Morgan fingerprint density at radius 1 is 0.750 bits per heavy atom. The van der Waals surface area contributed by atoms with E-state index >= 15 is 0 Å². The molecular weight excluding hydrogens is 378 g/mol. The first-order valence-electron chi connectivity index (χ1n) is 11.3. The van der Waals surface area contributed by atoms with Gasteiger partial charge in [-0.05, 0) is 13.0 Å². The van der Waals surface area contributed by atoms with E-state index in [9.17, 15) is 13.2 Å². The molecule has 0 aromatic carbocycles. The van der Waals surface area contributed by atoms with E-state index in [1.165, 1.54) is 83.5 Å². The van der Waals surface area contributed by atoms with E-state index in [0.29, 0.717) is 6.54 Å². The number of carboxylic acids is 1. The van der Waals surface area contributed by atoms with E-state index in [1.54, 1.807) is 0 Å². The first kappa shape index (κ1) is 27.3. The summed E-state index contributed by atoms with van der Waals surface area (Å²) in [6.45, 7) is 2.70. The average Bonchev–Trinajstić information content (AvgIpc) is 2.62. The van der Waals surface area contributed by atoms with E-state index in [1.807, 2.05) is 0 Å². The molecule has 1 unspecified atom stereocenters. The first-order valence-corrected chi connectivity index (χ1v) is 12.9. The lowest BCUT2D eigenvalue weighted by atomic mass is 10.0. The Balaban J connectivity index is 3.34. The van der Waals surface area contributed by atoms with Crippen LogP contribution in [0.2, 0.25) is 0 Å². The van der Waals surface area contributed by atoms with E-state index in [2.05, 4.69) is 12.2 Å². The minimum Gasteiger partial charge on any atom is -0.480 e. The summed E-state index contributed by atoms with van der Waals surface area (Å²) >= 11 is 0. The molecule has 1 atom stereocenters. The van der Waals surface area contributed by atoms with Crippen LogP contribution in [0.15, 0.2) is 0 Å². The highest BCUT2D eigenvalue weighted by molar-refractivity contribution is 7.85.